The molecule has 0 radical (unpaired) electrons. The van der Waals surface area contributed by atoms with Crippen molar-refractivity contribution >= 4 is 28.9 Å². The number of halogens is 2. The van der Waals surface area contributed by atoms with Crippen LogP contribution in [0.15, 0.2) is 23.3 Å². The van der Waals surface area contributed by atoms with E-state index in [4.69, 9.17) is 11.6 Å². The monoisotopic (exact) mass is 252 g/mol. The minimum atomic E-state index is -0.535. The molecule has 1 fully saturated rings. The molecule has 0 spiro atoms. The van der Waals surface area contributed by atoms with Crippen molar-refractivity contribution in [1.29, 1.82) is 0 Å². The van der Waals surface area contributed by atoms with Gasteiger partial charge in [-0.1, -0.05) is 11.6 Å². The lowest BCUT2D eigenvalue weighted by Crippen LogP contribution is -2.19. The van der Waals surface area contributed by atoms with Crippen molar-refractivity contribution in [2.45, 2.75) is 19.3 Å². The second-order valence-electron chi connectivity index (χ2n) is 4.35. The number of nitrogens with zero attached hydrogens (tertiary/aromatic N) is 2. The quantitative estimate of drug-likeness (QED) is 0.796. The molecule has 0 aromatic heterocycles. The second-order valence-corrected chi connectivity index (χ2v) is 4.75. The van der Waals surface area contributed by atoms with Crippen molar-refractivity contribution in [3.05, 3.63) is 29.0 Å². The summed E-state index contributed by atoms with van der Waals surface area (Å²) in [5.74, 6) is -0.179. The molecule has 2 aliphatic rings. The zero-order valence-electron chi connectivity index (χ0n) is 8.99. The van der Waals surface area contributed by atoms with E-state index >= 15 is 0 Å². The molecular weight excluding hydrogens is 243 g/mol. The molecule has 1 aliphatic carbocycles. The Balaban J connectivity index is 1.92. The number of benzene rings is 1. The fourth-order valence-corrected chi connectivity index (χ4v) is 2.03. The van der Waals surface area contributed by atoms with Crippen LogP contribution in [0.2, 0.25) is 5.02 Å². The molecule has 0 saturated heterocycles. The molecule has 0 bridgehead atoms. The highest BCUT2D eigenvalue weighted by atomic mass is 35.5. The standard InChI is InChI=1S/C12H10ClFN2O/c13-9-4-3-8(5-10(9)14)16-12(17)6-11(15-16)7-1-2-7/h3-5,7H,1-2,6H2. The highest BCUT2D eigenvalue weighted by Crippen LogP contribution is 2.35. The molecular formula is C12H10ClFN2O. The van der Waals surface area contributed by atoms with E-state index in [-0.39, 0.29) is 10.9 Å². The zero-order chi connectivity index (χ0) is 12.0. The number of carbonyl (C=O) groups excluding carboxylic acids is 1. The highest BCUT2D eigenvalue weighted by molar-refractivity contribution is 6.30. The maximum Gasteiger partial charge on any atom is 0.253 e. The lowest BCUT2D eigenvalue weighted by molar-refractivity contribution is -0.116. The Hall–Kier alpha value is -1.42. The van der Waals surface area contributed by atoms with Gasteiger partial charge in [-0.2, -0.15) is 5.10 Å². The van der Waals surface area contributed by atoms with Crippen LogP contribution in [0.3, 0.4) is 0 Å². The lowest BCUT2D eigenvalue weighted by Gasteiger charge is -2.11. The molecule has 5 heteroatoms. The summed E-state index contributed by atoms with van der Waals surface area (Å²) in [7, 11) is 0. The molecule has 1 aliphatic heterocycles. The number of hydrazone groups is 1. The summed E-state index contributed by atoms with van der Waals surface area (Å²) in [4.78, 5) is 11.8. The van der Waals surface area contributed by atoms with Gasteiger partial charge in [0.05, 0.1) is 22.8 Å². The molecule has 1 amide bonds. The fraction of sp³-hybridized carbons (Fsp3) is 0.333. The third-order valence-corrected chi connectivity index (χ3v) is 3.30. The molecule has 1 aromatic rings. The van der Waals surface area contributed by atoms with Gasteiger partial charge in [0.2, 0.25) is 0 Å². The van der Waals surface area contributed by atoms with Gasteiger partial charge in [-0.25, -0.2) is 9.40 Å². The van der Waals surface area contributed by atoms with Crippen LogP contribution in [-0.4, -0.2) is 11.6 Å². The average molecular weight is 253 g/mol. The maximum absolute atomic E-state index is 13.3. The van der Waals surface area contributed by atoms with Gasteiger partial charge in [0.15, 0.2) is 0 Å². The average Bonchev–Trinajstić information content (AvgIpc) is 3.07. The number of amides is 1. The first-order chi connectivity index (χ1) is 8.15. The van der Waals surface area contributed by atoms with Crippen LogP contribution < -0.4 is 5.01 Å². The second kappa shape index (κ2) is 3.81. The highest BCUT2D eigenvalue weighted by Gasteiger charge is 2.35. The van der Waals surface area contributed by atoms with Gasteiger partial charge in [0.1, 0.15) is 5.82 Å². The first kappa shape index (κ1) is 10.7. The van der Waals surface area contributed by atoms with E-state index < -0.39 is 5.82 Å². The van der Waals surface area contributed by atoms with Crippen molar-refractivity contribution in [2.75, 3.05) is 5.01 Å². The third-order valence-electron chi connectivity index (χ3n) is 2.99. The van der Waals surface area contributed by atoms with Crippen molar-refractivity contribution in [3.63, 3.8) is 0 Å². The van der Waals surface area contributed by atoms with E-state index in [2.05, 4.69) is 5.10 Å². The number of carbonyl (C=O) groups is 1. The predicted octanol–water partition coefficient (Wildman–Crippen LogP) is 2.98. The van der Waals surface area contributed by atoms with Crippen LogP contribution in [0.5, 0.6) is 0 Å². The summed E-state index contributed by atoms with van der Waals surface area (Å²) in [6, 6.07) is 4.27. The lowest BCUT2D eigenvalue weighted by atomic mass is 10.2. The SMILES string of the molecule is O=C1CC(C2CC2)=NN1c1ccc(Cl)c(F)c1. The van der Waals surface area contributed by atoms with Gasteiger partial charge >= 0.3 is 0 Å². The smallest absolute Gasteiger partial charge is 0.253 e. The van der Waals surface area contributed by atoms with Gasteiger partial charge in [0.25, 0.3) is 5.91 Å². The summed E-state index contributed by atoms with van der Waals surface area (Å²) in [5, 5.41) is 5.58. The van der Waals surface area contributed by atoms with Gasteiger partial charge in [-0.15, -0.1) is 0 Å². The number of rotatable bonds is 2. The molecule has 1 aromatic carbocycles. The van der Waals surface area contributed by atoms with Gasteiger partial charge in [-0.05, 0) is 30.9 Å². The van der Waals surface area contributed by atoms with Crippen LogP contribution in [0.25, 0.3) is 0 Å². The molecule has 1 heterocycles. The van der Waals surface area contributed by atoms with E-state index in [1.54, 1.807) is 6.07 Å². The molecule has 88 valence electrons. The Morgan fingerprint density at radius 3 is 2.82 bits per heavy atom. The number of anilines is 1. The Kier molecular flexibility index (Phi) is 2.40. The predicted molar refractivity (Wildman–Crippen MR) is 63.7 cm³/mol. The minimum absolute atomic E-state index is 0.0480. The summed E-state index contributed by atoms with van der Waals surface area (Å²) < 4.78 is 13.3. The summed E-state index contributed by atoms with van der Waals surface area (Å²) in [6.45, 7) is 0. The third kappa shape index (κ3) is 1.93. The minimum Gasteiger partial charge on any atom is -0.272 e. The molecule has 3 nitrogen and oxygen atoms in total. The van der Waals surface area contributed by atoms with Gasteiger partial charge in [0, 0.05) is 6.07 Å². The van der Waals surface area contributed by atoms with E-state index in [0.717, 1.165) is 18.6 Å². The molecule has 1 saturated carbocycles. The van der Waals surface area contributed by atoms with Crippen molar-refractivity contribution < 1.29 is 9.18 Å². The van der Waals surface area contributed by atoms with Crippen molar-refractivity contribution in [2.24, 2.45) is 11.0 Å². The summed E-state index contributed by atoms with van der Waals surface area (Å²) >= 11 is 5.60. The maximum atomic E-state index is 13.3. The van der Waals surface area contributed by atoms with Crippen molar-refractivity contribution in [1.82, 2.24) is 0 Å². The van der Waals surface area contributed by atoms with Crippen LogP contribution in [0, 0.1) is 11.7 Å². The normalized spacial score (nSPS) is 19.8. The number of hydrogen-bond acceptors (Lipinski definition) is 2. The van der Waals surface area contributed by atoms with Crippen LogP contribution >= 0.6 is 11.6 Å². The Bertz CT molecular complexity index is 525. The molecule has 0 N–H and O–H groups in total. The van der Waals surface area contributed by atoms with Gasteiger partial charge in [-0.3, -0.25) is 4.79 Å². The topological polar surface area (TPSA) is 32.7 Å². The molecule has 0 unspecified atom stereocenters. The molecule has 0 atom stereocenters. The summed E-state index contributed by atoms with van der Waals surface area (Å²) in [6.07, 6.45) is 2.57. The van der Waals surface area contributed by atoms with Crippen LogP contribution in [0.4, 0.5) is 10.1 Å². The summed E-state index contributed by atoms with van der Waals surface area (Å²) in [5.41, 5.74) is 1.36. The first-order valence-electron chi connectivity index (χ1n) is 5.50. The Morgan fingerprint density at radius 2 is 2.18 bits per heavy atom. The first-order valence-corrected chi connectivity index (χ1v) is 5.88. The van der Waals surface area contributed by atoms with Crippen molar-refractivity contribution in [3.8, 4) is 0 Å². The van der Waals surface area contributed by atoms with E-state index in [1.807, 2.05) is 0 Å². The molecule has 3 rings (SSSR count). The fourth-order valence-electron chi connectivity index (χ4n) is 1.91. The van der Waals surface area contributed by atoms with E-state index in [1.165, 1.54) is 17.1 Å². The van der Waals surface area contributed by atoms with E-state index in [9.17, 15) is 9.18 Å². The number of hydrogen-bond donors (Lipinski definition) is 0. The Labute approximate surface area is 103 Å². The zero-order valence-corrected chi connectivity index (χ0v) is 9.75. The van der Waals surface area contributed by atoms with Crippen LogP contribution in [0.1, 0.15) is 19.3 Å². The molecule has 17 heavy (non-hydrogen) atoms. The largest absolute Gasteiger partial charge is 0.272 e. The Morgan fingerprint density at radius 1 is 1.41 bits per heavy atom. The van der Waals surface area contributed by atoms with Gasteiger partial charge < -0.3 is 0 Å². The van der Waals surface area contributed by atoms with Crippen LogP contribution in [-0.2, 0) is 4.79 Å². The van der Waals surface area contributed by atoms with E-state index in [0.29, 0.717) is 18.0 Å².